The third-order valence-corrected chi connectivity index (χ3v) is 15.0. The zero-order valence-corrected chi connectivity index (χ0v) is 34.7. The van der Waals surface area contributed by atoms with Gasteiger partial charge in [0.15, 0.2) is 0 Å². The highest BCUT2D eigenvalue weighted by Gasteiger charge is 2.78. The first-order chi connectivity index (χ1) is 22.3. The van der Waals surface area contributed by atoms with E-state index in [9.17, 15) is 0 Å². The predicted molar refractivity (Wildman–Crippen MR) is 208 cm³/mol. The van der Waals surface area contributed by atoms with Gasteiger partial charge >= 0.3 is 0 Å². The van der Waals surface area contributed by atoms with Gasteiger partial charge in [-0.3, -0.25) is 4.99 Å². The number of fused-ring (bicyclic) bond motifs is 2. The molecule has 0 radical (unpaired) electrons. The van der Waals surface area contributed by atoms with Crippen molar-refractivity contribution in [1.82, 2.24) is 5.32 Å². The fraction of sp³-hybridized carbons (Fsp3) is 0.825. The Morgan fingerprint density at radius 1 is 1.19 bits per heavy atom. The van der Waals surface area contributed by atoms with Crippen LogP contribution in [0, 0.1) is 57.2 Å². The molecule has 0 aromatic carbocycles. The SMILES string of the molecule is C=C(Br)NC=NC.COC[C@](C)(C(CS)OC[C@](C)(N)C(C)C)C1CCC2C(=CC[C@]34C=C5O[C@]([C@H](C)C(C)C)(CCC23C)[C@@H]54)C1(C)C. The lowest BCUT2D eigenvalue weighted by molar-refractivity contribution is -0.302. The molecule has 48 heavy (non-hydrogen) atoms. The van der Waals surface area contributed by atoms with Crippen molar-refractivity contribution in [3.8, 4) is 0 Å². The molecular weight excluding hydrogens is 682 g/mol. The number of hydrogen-bond donors (Lipinski definition) is 3. The molecule has 5 rings (SSSR count). The molecule has 10 atom stereocenters. The molecule has 1 aliphatic heterocycles. The maximum Gasteiger partial charge on any atom is 0.122 e. The molecule has 1 spiro atoms. The van der Waals surface area contributed by atoms with Crippen LogP contribution in [0.25, 0.3) is 0 Å². The number of rotatable bonds is 13. The Labute approximate surface area is 307 Å². The van der Waals surface area contributed by atoms with Gasteiger partial charge in [-0.25, -0.2) is 0 Å². The van der Waals surface area contributed by atoms with Crippen molar-refractivity contribution in [1.29, 1.82) is 0 Å². The molecule has 3 fully saturated rings. The van der Waals surface area contributed by atoms with Crippen LogP contribution in [0.2, 0.25) is 0 Å². The van der Waals surface area contributed by atoms with E-state index < -0.39 is 0 Å². The van der Waals surface area contributed by atoms with E-state index in [1.807, 2.05) is 7.11 Å². The molecule has 1 heterocycles. The van der Waals surface area contributed by atoms with E-state index in [0.29, 0.717) is 54.5 Å². The topological polar surface area (TPSA) is 78.1 Å². The maximum absolute atomic E-state index is 6.71. The van der Waals surface area contributed by atoms with Gasteiger partial charge in [0.05, 0.1) is 36.2 Å². The molecule has 274 valence electrons. The first kappa shape index (κ1) is 40.0. The van der Waals surface area contributed by atoms with Crippen LogP contribution in [0.4, 0.5) is 0 Å². The van der Waals surface area contributed by atoms with E-state index in [1.165, 1.54) is 31.4 Å². The third kappa shape index (κ3) is 6.32. The van der Waals surface area contributed by atoms with Crippen LogP contribution in [0.1, 0.15) is 101 Å². The van der Waals surface area contributed by atoms with Crippen molar-refractivity contribution < 1.29 is 14.2 Å². The molecule has 4 aliphatic carbocycles. The minimum atomic E-state index is -0.374. The van der Waals surface area contributed by atoms with Crippen molar-refractivity contribution in [3.05, 3.63) is 34.7 Å². The molecular formula is C40H68BrN3O3S. The van der Waals surface area contributed by atoms with Gasteiger partial charge in [0.2, 0.25) is 0 Å². The van der Waals surface area contributed by atoms with Gasteiger partial charge in [-0.2, -0.15) is 12.6 Å². The summed E-state index contributed by atoms with van der Waals surface area (Å²) in [5.74, 6) is 5.19. The molecule has 0 amide bonds. The average Bonchev–Trinajstić information content (AvgIpc) is 2.98. The van der Waals surface area contributed by atoms with Crippen LogP contribution < -0.4 is 11.1 Å². The van der Waals surface area contributed by atoms with Gasteiger partial charge in [0, 0.05) is 36.3 Å². The van der Waals surface area contributed by atoms with Crippen molar-refractivity contribution in [2.24, 2.45) is 67.9 Å². The summed E-state index contributed by atoms with van der Waals surface area (Å²) in [5.41, 5.74) is 8.45. The summed E-state index contributed by atoms with van der Waals surface area (Å²) < 4.78 is 20.1. The monoisotopic (exact) mass is 749 g/mol. The second kappa shape index (κ2) is 14.3. The van der Waals surface area contributed by atoms with Crippen LogP contribution in [0.5, 0.6) is 0 Å². The minimum Gasteiger partial charge on any atom is -0.490 e. The fourth-order valence-electron chi connectivity index (χ4n) is 10.8. The Kier molecular flexibility index (Phi) is 11.9. The van der Waals surface area contributed by atoms with Crippen LogP contribution in [-0.2, 0) is 14.2 Å². The lowest BCUT2D eigenvalue weighted by atomic mass is 9.32. The summed E-state index contributed by atoms with van der Waals surface area (Å²) in [6.07, 6.45) is 12.8. The van der Waals surface area contributed by atoms with E-state index in [-0.39, 0.29) is 38.9 Å². The normalized spacial score (nSPS) is 36.6. The maximum atomic E-state index is 6.71. The molecule has 0 aromatic rings. The Hall–Kier alpha value is -0.800. The van der Waals surface area contributed by atoms with Crippen molar-refractivity contribution in [2.75, 3.05) is 33.1 Å². The van der Waals surface area contributed by atoms with Gasteiger partial charge in [-0.1, -0.05) is 80.5 Å². The second-order valence-corrected chi connectivity index (χ2v) is 19.1. The fourth-order valence-corrected chi connectivity index (χ4v) is 11.4. The summed E-state index contributed by atoms with van der Waals surface area (Å²) in [4.78, 5) is 3.65. The Bertz CT molecular complexity index is 1280. The van der Waals surface area contributed by atoms with Crippen LogP contribution in [-0.4, -0.2) is 56.7 Å². The number of halogens is 1. The van der Waals surface area contributed by atoms with E-state index in [0.717, 1.165) is 11.0 Å². The average molecular weight is 751 g/mol. The van der Waals surface area contributed by atoms with Crippen LogP contribution in [0.15, 0.2) is 39.7 Å². The van der Waals surface area contributed by atoms with E-state index in [2.05, 4.69) is 114 Å². The Balaban J connectivity index is 0.000000671. The van der Waals surface area contributed by atoms with E-state index in [1.54, 1.807) is 19.0 Å². The minimum absolute atomic E-state index is 0.0311. The lowest BCUT2D eigenvalue weighted by Crippen LogP contribution is -2.75. The van der Waals surface area contributed by atoms with Gasteiger partial charge < -0.3 is 25.3 Å². The van der Waals surface area contributed by atoms with E-state index >= 15 is 0 Å². The predicted octanol–water partition coefficient (Wildman–Crippen LogP) is 9.17. The number of allylic oxidation sites excluding steroid dienone is 3. The number of ether oxygens (including phenoxy) is 3. The van der Waals surface area contributed by atoms with Crippen molar-refractivity contribution in [2.45, 2.75) is 119 Å². The zero-order chi connectivity index (χ0) is 36.1. The number of nitrogens with two attached hydrogens (primary N) is 1. The van der Waals surface area contributed by atoms with E-state index in [4.69, 9.17) is 32.6 Å². The summed E-state index contributed by atoms with van der Waals surface area (Å²) >= 11 is 7.93. The van der Waals surface area contributed by atoms with Gasteiger partial charge in [0.1, 0.15) is 11.4 Å². The number of thiol groups is 1. The highest BCUT2D eigenvalue weighted by molar-refractivity contribution is 9.11. The number of methoxy groups -OCH3 is 1. The molecule has 0 bridgehead atoms. The highest BCUT2D eigenvalue weighted by Crippen LogP contribution is 2.80. The summed E-state index contributed by atoms with van der Waals surface area (Å²) in [7, 11) is 3.52. The molecule has 0 aromatic heterocycles. The number of aliphatic imine (C=N–C) groups is 1. The van der Waals surface area contributed by atoms with Gasteiger partial charge in [-0.05, 0) is 101 Å². The van der Waals surface area contributed by atoms with Crippen molar-refractivity contribution in [3.63, 3.8) is 0 Å². The summed E-state index contributed by atoms with van der Waals surface area (Å²) in [5, 5.41) is 2.73. The zero-order valence-electron chi connectivity index (χ0n) is 32.2. The number of hydrogen-bond acceptors (Lipinski definition) is 6. The van der Waals surface area contributed by atoms with Gasteiger partial charge in [0.25, 0.3) is 0 Å². The Morgan fingerprint density at radius 3 is 2.35 bits per heavy atom. The third-order valence-electron chi connectivity index (χ3n) is 14.4. The molecule has 2 saturated carbocycles. The largest absolute Gasteiger partial charge is 0.490 e. The van der Waals surface area contributed by atoms with Crippen molar-refractivity contribution >= 4 is 34.9 Å². The van der Waals surface area contributed by atoms with Crippen LogP contribution in [0.3, 0.4) is 0 Å². The molecule has 6 nitrogen and oxygen atoms in total. The first-order valence-corrected chi connectivity index (χ1v) is 19.8. The first-order valence-electron chi connectivity index (χ1n) is 18.4. The highest BCUT2D eigenvalue weighted by atomic mass is 79.9. The summed E-state index contributed by atoms with van der Waals surface area (Å²) in [6.45, 7) is 28.4. The molecule has 4 unspecified atom stereocenters. The van der Waals surface area contributed by atoms with Gasteiger partial charge in [-0.15, -0.1) is 0 Å². The Morgan fingerprint density at radius 2 is 1.85 bits per heavy atom. The number of nitrogens with zero attached hydrogens (tertiary/aromatic N) is 1. The molecule has 5 aliphatic rings. The lowest BCUT2D eigenvalue weighted by Gasteiger charge is -2.77. The molecule has 1 saturated heterocycles. The quantitative estimate of drug-likeness (QED) is 0.0576. The van der Waals surface area contributed by atoms with Crippen LogP contribution >= 0.6 is 28.6 Å². The standard InChI is InChI=1S/C36H61NO3S.C4H7BrN2/c1-22(2)24(5)36-17-16-33(9)26-12-13-28(31(6,7)25(26)14-15-35(33)18-27(40-36)30(35)36)32(8,20-38-11)29(19-41)39-21-34(10,37)23(3)4;1-4(5)7-3-6-2/h14,18,22-24,26,28-30,41H,12-13,15-17,19-21,37H2,1-11H3;3H,1H2,2H3,(H,6,7)/t24-,26?,28?,29?,30+,32+,33?,34+,35-,36+;/m1./s1. The second-order valence-electron chi connectivity index (χ2n) is 17.8. The summed E-state index contributed by atoms with van der Waals surface area (Å²) in [6, 6.07) is 0. The molecule has 3 N–H and O–H groups in total. The number of nitrogens with one attached hydrogen (secondary N) is 1. The molecule has 8 heteroatoms. The smallest absolute Gasteiger partial charge is 0.122 e.